The molecule has 0 amide bonds. The average Bonchev–Trinajstić information content (AvgIpc) is 3.15. The summed E-state index contributed by atoms with van der Waals surface area (Å²) in [5.74, 6) is 1.12. The van der Waals surface area contributed by atoms with Gasteiger partial charge < -0.3 is 14.8 Å². The van der Waals surface area contributed by atoms with E-state index < -0.39 is 0 Å². The highest BCUT2D eigenvalue weighted by atomic mass is 16.5. The molecule has 0 aromatic carbocycles. The third-order valence-corrected chi connectivity index (χ3v) is 11.6. The monoisotopic (exact) mass is 750 g/mol. The number of carbonyl (C=O) groups excluding carboxylic acids is 2. The first-order valence-corrected chi connectivity index (χ1v) is 24.0. The summed E-state index contributed by atoms with van der Waals surface area (Å²) < 4.78 is 11.2. The van der Waals surface area contributed by atoms with Gasteiger partial charge >= 0.3 is 11.9 Å². The highest BCUT2D eigenvalue weighted by molar-refractivity contribution is 5.70. The molecule has 316 valence electrons. The molecule has 5 heteroatoms. The van der Waals surface area contributed by atoms with Crippen LogP contribution in [0.25, 0.3) is 0 Å². The molecule has 0 aromatic rings. The highest BCUT2D eigenvalue weighted by Gasteiger charge is 2.16. The smallest absolute Gasteiger partial charge is 0.306 e. The van der Waals surface area contributed by atoms with Crippen LogP contribution in [0, 0.1) is 11.8 Å². The Bertz CT molecular complexity index is 678. The largest absolute Gasteiger partial charge is 0.466 e. The Morgan fingerprint density at radius 2 is 0.642 bits per heavy atom. The van der Waals surface area contributed by atoms with E-state index in [2.05, 4.69) is 40.1 Å². The van der Waals surface area contributed by atoms with Crippen molar-refractivity contribution in [2.75, 3.05) is 20.3 Å². The summed E-state index contributed by atoms with van der Waals surface area (Å²) in [6, 6.07) is 0.673. The van der Waals surface area contributed by atoms with Gasteiger partial charge in [0.2, 0.25) is 0 Å². The molecule has 0 aliphatic carbocycles. The van der Waals surface area contributed by atoms with Crippen molar-refractivity contribution in [1.29, 1.82) is 0 Å². The molecule has 0 rings (SSSR count). The van der Waals surface area contributed by atoms with E-state index in [1.807, 2.05) is 0 Å². The predicted molar refractivity (Wildman–Crippen MR) is 231 cm³/mol. The van der Waals surface area contributed by atoms with E-state index in [0.29, 0.717) is 43.9 Å². The fourth-order valence-electron chi connectivity index (χ4n) is 7.93. The first-order chi connectivity index (χ1) is 26.0. The number of nitrogens with one attached hydrogen (secondary N) is 1. The summed E-state index contributed by atoms with van der Waals surface area (Å²) in [7, 11) is 2.14. The van der Waals surface area contributed by atoms with Gasteiger partial charge in [-0.05, 0) is 70.3 Å². The van der Waals surface area contributed by atoms with Crippen LogP contribution in [-0.2, 0) is 19.1 Å². The first-order valence-electron chi connectivity index (χ1n) is 24.0. The van der Waals surface area contributed by atoms with Crippen LogP contribution in [0.5, 0.6) is 0 Å². The molecule has 53 heavy (non-hydrogen) atoms. The molecule has 0 spiro atoms. The maximum absolute atomic E-state index is 12.4. The fourth-order valence-corrected chi connectivity index (χ4v) is 7.93. The zero-order chi connectivity index (χ0) is 38.9. The SMILES string of the molecule is CCCCCC(CCCCC)CC(=O)OCCCCCCCCCCC(CCCCCCCCCCOC(=O)CC(CCCCC)CCCCC)NC. The van der Waals surface area contributed by atoms with Crippen molar-refractivity contribution in [3.8, 4) is 0 Å². The van der Waals surface area contributed by atoms with Gasteiger partial charge in [-0.3, -0.25) is 9.59 Å². The van der Waals surface area contributed by atoms with Crippen LogP contribution in [0.1, 0.15) is 259 Å². The summed E-state index contributed by atoms with van der Waals surface area (Å²) in [6.07, 6.45) is 44.0. The quantitative estimate of drug-likeness (QED) is 0.0497. The standard InChI is InChI=1S/C48H95NO4/c1-6-10-26-34-44(35-27-11-7-2)42-47(50)52-40-32-24-20-16-14-18-22-30-38-46(49-5)39-31-23-19-15-17-21-25-33-41-53-48(51)43-45(36-28-12-8-3)37-29-13-9-4/h44-46,49H,6-43H2,1-5H3. The molecule has 0 saturated carbocycles. The van der Waals surface area contributed by atoms with Gasteiger partial charge in [0.25, 0.3) is 0 Å². The third kappa shape index (κ3) is 37.6. The average molecular weight is 750 g/mol. The molecule has 1 N–H and O–H groups in total. The van der Waals surface area contributed by atoms with E-state index in [-0.39, 0.29) is 11.9 Å². The summed E-state index contributed by atoms with van der Waals surface area (Å²) in [5, 5.41) is 3.57. The summed E-state index contributed by atoms with van der Waals surface area (Å²) >= 11 is 0. The molecule has 0 atom stereocenters. The molecule has 0 saturated heterocycles. The number of hydrogen-bond acceptors (Lipinski definition) is 5. The second-order valence-electron chi connectivity index (χ2n) is 16.8. The van der Waals surface area contributed by atoms with Gasteiger partial charge in [0, 0.05) is 18.9 Å². The van der Waals surface area contributed by atoms with Crippen molar-refractivity contribution < 1.29 is 19.1 Å². The molecule has 0 bridgehead atoms. The van der Waals surface area contributed by atoms with E-state index in [1.165, 1.54) is 205 Å². The molecule has 0 fully saturated rings. The van der Waals surface area contributed by atoms with Crippen LogP contribution in [0.2, 0.25) is 0 Å². The Morgan fingerprint density at radius 1 is 0.377 bits per heavy atom. The summed E-state index contributed by atoms with van der Waals surface area (Å²) in [6.45, 7) is 10.2. The van der Waals surface area contributed by atoms with Crippen LogP contribution in [0.4, 0.5) is 0 Å². The van der Waals surface area contributed by atoms with E-state index >= 15 is 0 Å². The molecule has 0 aliphatic heterocycles. The Labute approximate surface area is 332 Å². The molecular weight excluding hydrogens is 655 g/mol. The van der Waals surface area contributed by atoms with Gasteiger partial charge in [-0.15, -0.1) is 0 Å². The maximum Gasteiger partial charge on any atom is 0.306 e. The number of ether oxygens (including phenoxy) is 2. The summed E-state index contributed by atoms with van der Waals surface area (Å²) in [5.41, 5.74) is 0. The fraction of sp³-hybridized carbons (Fsp3) is 0.958. The van der Waals surface area contributed by atoms with E-state index in [9.17, 15) is 9.59 Å². The number of carbonyl (C=O) groups is 2. The topological polar surface area (TPSA) is 64.6 Å². The zero-order valence-corrected chi connectivity index (χ0v) is 36.7. The number of unbranched alkanes of at least 4 members (excludes halogenated alkanes) is 22. The van der Waals surface area contributed by atoms with Crippen LogP contribution >= 0.6 is 0 Å². The maximum atomic E-state index is 12.4. The van der Waals surface area contributed by atoms with Crippen LogP contribution < -0.4 is 5.32 Å². The lowest BCUT2D eigenvalue weighted by Crippen LogP contribution is -2.24. The first kappa shape index (κ1) is 51.9. The third-order valence-electron chi connectivity index (χ3n) is 11.6. The minimum atomic E-state index is 0.0380. The van der Waals surface area contributed by atoms with Crippen molar-refractivity contribution in [3.63, 3.8) is 0 Å². The van der Waals surface area contributed by atoms with Gasteiger partial charge in [0.1, 0.15) is 0 Å². The van der Waals surface area contributed by atoms with Crippen molar-refractivity contribution in [1.82, 2.24) is 5.32 Å². The number of hydrogen-bond donors (Lipinski definition) is 1. The molecule has 0 heterocycles. The molecule has 5 nitrogen and oxygen atoms in total. The normalized spacial score (nSPS) is 11.7. The highest BCUT2D eigenvalue weighted by Crippen LogP contribution is 2.23. The number of rotatable bonds is 43. The molecule has 0 aliphatic rings. The Kier molecular flexibility index (Phi) is 41.2. The predicted octanol–water partition coefficient (Wildman–Crippen LogP) is 15.0. The Hall–Kier alpha value is -1.10. The van der Waals surface area contributed by atoms with E-state index in [4.69, 9.17) is 9.47 Å². The van der Waals surface area contributed by atoms with Crippen LogP contribution in [0.15, 0.2) is 0 Å². The van der Waals surface area contributed by atoms with Crippen molar-refractivity contribution in [3.05, 3.63) is 0 Å². The second kappa shape index (κ2) is 42.1. The zero-order valence-electron chi connectivity index (χ0n) is 36.7. The molecular formula is C48H95NO4. The molecule has 0 aromatic heterocycles. The molecule has 0 radical (unpaired) electrons. The summed E-state index contributed by atoms with van der Waals surface area (Å²) in [4.78, 5) is 24.8. The van der Waals surface area contributed by atoms with Crippen LogP contribution in [-0.4, -0.2) is 38.2 Å². The minimum Gasteiger partial charge on any atom is -0.466 e. The van der Waals surface area contributed by atoms with Gasteiger partial charge in [0.05, 0.1) is 13.2 Å². The van der Waals surface area contributed by atoms with Gasteiger partial charge in [-0.2, -0.15) is 0 Å². The van der Waals surface area contributed by atoms with E-state index in [0.717, 1.165) is 12.8 Å². The van der Waals surface area contributed by atoms with Gasteiger partial charge in [-0.1, -0.05) is 195 Å². The van der Waals surface area contributed by atoms with Crippen molar-refractivity contribution >= 4 is 11.9 Å². The van der Waals surface area contributed by atoms with E-state index in [1.54, 1.807) is 0 Å². The second-order valence-corrected chi connectivity index (χ2v) is 16.8. The minimum absolute atomic E-state index is 0.0380. The van der Waals surface area contributed by atoms with Crippen LogP contribution in [0.3, 0.4) is 0 Å². The van der Waals surface area contributed by atoms with Crippen molar-refractivity contribution in [2.24, 2.45) is 11.8 Å². The van der Waals surface area contributed by atoms with Gasteiger partial charge in [-0.25, -0.2) is 0 Å². The Morgan fingerprint density at radius 3 is 0.925 bits per heavy atom. The Balaban J connectivity index is 3.68. The molecule has 0 unspecified atom stereocenters. The lowest BCUT2D eigenvalue weighted by atomic mass is 9.92. The van der Waals surface area contributed by atoms with Gasteiger partial charge in [0.15, 0.2) is 0 Å². The van der Waals surface area contributed by atoms with Crippen molar-refractivity contribution in [2.45, 2.75) is 265 Å². The number of esters is 2. The lowest BCUT2D eigenvalue weighted by Gasteiger charge is -2.16. The lowest BCUT2D eigenvalue weighted by molar-refractivity contribution is -0.146.